The van der Waals surface area contributed by atoms with Crippen LogP contribution < -0.4 is 5.56 Å². The second-order valence-electron chi connectivity index (χ2n) is 6.20. The maximum atomic E-state index is 13.4. The highest BCUT2D eigenvalue weighted by molar-refractivity contribution is 7.14. The van der Waals surface area contributed by atoms with Crippen LogP contribution >= 0.6 is 11.5 Å². The van der Waals surface area contributed by atoms with Crippen molar-refractivity contribution in [2.24, 2.45) is 0 Å². The summed E-state index contributed by atoms with van der Waals surface area (Å²) in [7, 11) is 0. The summed E-state index contributed by atoms with van der Waals surface area (Å²) in [6, 6.07) is 21.3. The van der Waals surface area contributed by atoms with Gasteiger partial charge in [0.1, 0.15) is 0 Å². The number of halogens is 2. The minimum absolute atomic E-state index is 0.0156. The van der Waals surface area contributed by atoms with Gasteiger partial charge in [0.25, 0.3) is 11.5 Å². The molecule has 0 aliphatic carbocycles. The molecule has 0 spiro atoms. The normalized spacial score (nSPS) is 11.8. The number of rotatable bonds is 3. The lowest BCUT2D eigenvalue weighted by Gasteiger charge is -2.11. The first-order valence-electron chi connectivity index (χ1n) is 8.14. The van der Waals surface area contributed by atoms with Crippen molar-refractivity contribution in [2.45, 2.75) is 12.8 Å². The van der Waals surface area contributed by atoms with Gasteiger partial charge in [-0.1, -0.05) is 60.1 Å². The van der Waals surface area contributed by atoms with E-state index in [9.17, 15) is 13.6 Å². The molecule has 5 heteroatoms. The summed E-state index contributed by atoms with van der Waals surface area (Å²) in [4.78, 5) is 12.6. The number of fused-ring (bicyclic) bond motifs is 1. The Labute approximate surface area is 153 Å². The summed E-state index contributed by atoms with van der Waals surface area (Å²) >= 11 is 1.39. The van der Waals surface area contributed by atoms with Crippen LogP contribution in [0.4, 0.5) is 8.78 Å². The molecule has 0 aliphatic rings. The zero-order valence-corrected chi connectivity index (χ0v) is 14.8. The second kappa shape index (κ2) is 6.18. The molecule has 0 unspecified atom stereocenters. The van der Waals surface area contributed by atoms with Crippen molar-refractivity contribution in [3.05, 3.63) is 88.7 Å². The maximum Gasteiger partial charge on any atom is 0.273 e. The van der Waals surface area contributed by atoms with Gasteiger partial charge in [-0.3, -0.25) is 4.79 Å². The zero-order chi connectivity index (χ0) is 18.3. The first kappa shape index (κ1) is 16.7. The highest BCUT2D eigenvalue weighted by Crippen LogP contribution is 2.30. The Morgan fingerprint density at radius 3 is 2.31 bits per heavy atom. The van der Waals surface area contributed by atoms with Crippen molar-refractivity contribution in [3.63, 3.8) is 0 Å². The summed E-state index contributed by atoms with van der Waals surface area (Å²) in [5.74, 6) is -2.86. The lowest BCUT2D eigenvalue weighted by molar-refractivity contribution is 0.0175. The maximum absolute atomic E-state index is 13.4. The molecule has 0 radical (unpaired) electrons. The van der Waals surface area contributed by atoms with Crippen molar-refractivity contribution in [1.29, 1.82) is 0 Å². The molecule has 0 saturated heterocycles. The monoisotopic (exact) mass is 367 g/mol. The molecule has 2 nitrogen and oxygen atoms in total. The van der Waals surface area contributed by atoms with Crippen molar-refractivity contribution in [3.8, 4) is 16.8 Å². The quantitative estimate of drug-likeness (QED) is 0.446. The van der Waals surface area contributed by atoms with Crippen LogP contribution in [0.2, 0.25) is 0 Å². The fourth-order valence-electron chi connectivity index (χ4n) is 2.91. The minimum Gasteiger partial charge on any atom is -0.267 e. The minimum atomic E-state index is -2.86. The fraction of sp³-hybridized carbons (Fsp3) is 0.0952. The average molecular weight is 367 g/mol. The molecule has 0 amide bonds. The van der Waals surface area contributed by atoms with E-state index < -0.39 is 5.92 Å². The van der Waals surface area contributed by atoms with Gasteiger partial charge < -0.3 is 0 Å². The SMILES string of the molecule is CC(F)(F)c1ccc(-c2cccc(-n3sc4ccccc4c3=O)c2)cc1. The van der Waals surface area contributed by atoms with E-state index in [-0.39, 0.29) is 11.1 Å². The third kappa shape index (κ3) is 2.95. The van der Waals surface area contributed by atoms with E-state index >= 15 is 0 Å². The standard InChI is InChI=1S/C21H15F2NOS/c1-21(22,23)16-11-9-14(10-12-16)15-5-4-6-17(13-15)24-20(25)18-7-2-3-8-19(18)26-24/h2-13H,1H3. The summed E-state index contributed by atoms with van der Waals surface area (Å²) in [6.45, 7) is 0.885. The molecule has 1 heterocycles. The van der Waals surface area contributed by atoms with E-state index in [1.807, 2.05) is 48.5 Å². The Hall–Kier alpha value is -2.79. The molecule has 0 aliphatic heterocycles. The predicted molar refractivity (Wildman–Crippen MR) is 102 cm³/mol. The molecule has 1 aromatic heterocycles. The van der Waals surface area contributed by atoms with Crippen molar-refractivity contribution in [1.82, 2.24) is 3.96 Å². The highest BCUT2D eigenvalue weighted by Gasteiger charge is 2.23. The summed E-state index contributed by atoms with van der Waals surface area (Å²) in [5, 5.41) is 0.692. The van der Waals surface area contributed by atoms with Crippen LogP contribution in [-0.4, -0.2) is 3.96 Å². The molecular formula is C21H15F2NOS. The van der Waals surface area contributed by atoms with Gasteiger partial charge in [-0.2, -0.15) is 0 Å². The first-order chi connectivity index (χ1) is 12.4. The van der Waals surface area contributed by atoms with Crippen LogP contribution in [0.15, 0.2) is 77.6 Å². The Bertz CT molecular complexity index is 1140. The molecule has 130 valence electrons. The van der Waals surface area contributed by atoms with Crippen LogP contribution in [0.5, 0.6) is 0 Å². The van der Waals surface area contributed by atoms with Gasteiger partial charge in [-0.25, -0.2) is 12.7 Å². The molecule has 0 bridgehead atoms. The fourth-order valence-corrected chi connectivity index (χ4v) is 3.90. The lowest BCUT2D eigenvalue weighted by Crippen LogP contribution is -2.10. The van der Waals surface area contributed by atoms with Gasteiger partial charge in [-0.05, 0) is 35.4 Å². The van der Waals surface area contributed by atoms with Crippen LogP contribution in [0.3, 0.4) is 0 Å². The van der Waals surface area contributed by atoms with Crippen LogP contribution in [0.1, 0.15) is 12.5 Å². The van der Waals surface area contributed by atoms with E-state index in [1.165, 1.54) is 23.7 Å². The smallest absolute Gasteiger partial charge is 0.267 e. The van der Waals surface area contributed by atoms with E-state index in [1.54, 1.807) is 16.1 Å². The molecular weight excluding hydrogens is 352 g/mol. The van der Waals surface area contributed by atoms with Crippen molar-refractivity contribution >= 4 is 21.6 Å². The summed E-state index contributed by atoms with van der Waals surface area (Å²) in [5.41, 5.74) is 2.40. The van der Waals surface area contributed by atoms with Gasteiger partial charge in [0.05, 0.1) is 15.8 Å². The number of nitrogens with zero attached hydrogens (tertiary/aromatic N) is 1. The Morgan fingerprint density at radius 2 is 1.62 bits per heavy atom. The molecule has 4 aromatic rings. The van der Waals surface area contributed by atoms with Crippen LogP contribution in [0.25, 0.3) is 26.9 Å². The number of hydrogen-bond donors (Lipinski definition) is 0. The largest absolute Gasteiger partial charge is 0.273 e. The highest BCUT2D eigenvalue weighted by atomic mass is 32.1. The Morgan fingerprint density at radius 1 is 0.885 bits per heavy atom. The third-order valence-electron chi connectivity index (χ3n) is 4.30. The van der Waals surface area contributed by atoms with Crippen molar-refractivity contribution < 1.29 is 8.78 Å². The van der Waals surface area contributed by atoms with E-state index in [0.29, 0.717) is 5.39 Å². The predicted octanol–water partition coefficient (Wildman–Crippen LogP) is 5.83. The summed E-state index contributed by atoms with van der Waals surface area (Å²) in [6.07, 6.45) is 0. The van der Waals surface area contributed by atoms with Gasteiger partial charge in [0.2, 0.25) is 0 Å². The summed E-state index contributed by atoms with van der Waals surface area (Å²) < 4.78 is 29.4. The molecule has 4 rings (SSSR count). The zero-order valence-electron chi connectivity index (χ0n) is 13.9. The van der Waals surface area contributed by atoms with E-state index in [2.05, 4.69) is 0 Å². The average Bonchev–Trinajstić information content (AvgIpc) is 2.98. The van der Waals surface area contributed by atoms with Gasteiger partial charge >= 0.3 is 0 Å². The first-order valence-corrected chi connectivity index (χ1v) is 8.91. The van der Waals surface area contributed by atoms with Gasteiger partial charge in [0, 0.05) is 12.5 Å². The molecule has 3 aromatic carbocycles. The van der Waals surface area contributed by atoms with Crippen LogP contribution in [-0.2, 0) is 5.92 Å². The molecule has 26 heavy (non-hydrogen) atoms. The lowest BCUT2D eigenvalue weighted by atomic mass is 10.0. The molecule has 0 saturated carbocycles. The molecule has 0 fully saturated rings. The van der Waals surface area contributed by atoms with Crippen molar-refractivity contribution in [2.75, 3.05) is 0 Å². The van der Waals surface area contributed by atoms with Gasteiger partial charge in [-0.15, -0.1) is 0 Å². The molecule has 0 atom stereocenters. The Balaban J connectivity index is 1.77. The third-order valence-corrected chi connectivity index (χ3v) is 5.41. The topological polar surface area (TPSA) is 22.0 Å². The number of hydrogen-bond acceptors (Lipinski definition) is 2. The number of benzene rings is 3. The second-order valence-corrected chi connectivity index (χ2v) is 7.19. The van der Waals surface area contributed by atoms with E-state index in [0.717, 1.165) is 28.4 Å². The number of aromatic nitrogens is 1. The van der Waals surface area contributed by atoms with E-state index in [4.69, 9.17) is 0 Å². The van der Waals surface area contributed by atoms with Crippen LogP contribution in [0, 0.1) is 0 Å². The Kier molecular flexibility index (Phi) is 3.96. The van der Waals surface area contributed by atoms with Gasteiger partial charge in [0.15, 0.2) is 0 Å². The number of alkyl halides is 2. The molecule has 0 N–H and O–H groups in total.